The Morgan fingerprint density at radius 2 is 2.10 bits per heavy atom. The zero-order valence-corrected chi connectivity index (χ0v) is 11.4. The van der Waals surface area contributed by atoms with Crippen LogP contribution in [0.25, 0.3) is 0 Å². The van der Waals surface area contributed by atoms with Gasteiger partial charge >= 0.3 is 5.97 Å². The minimum atomic E-state index is -0.926. The first kappa shape index (κ1) is 14.1. The largest absolute Gasteiger partial charge is 0.508 e. The molecular weight excluding hydrogens is 280 g/mol. The maximum absolute atomic E-state index is 10.6. The summed E-state index contributed by atoms with van der Waals surface area (Å²) in [5, 5.41) is 30.2. The Bertz CT molecular complexity index is 637. The van der Waals surface area contributed by atoms with E-state index < -0.39 is 5.97 Å². The zero-order chi connectivity index (χ0) is 14.5. The second-order valence-electron chi connectivity index (χ2n) is 3.86. The summed E-state index contributed by atoms with van der Waals surface area (Å²) in [6, 6.07) is 6.53. The molecule has 0 saturated carbocycles. The summed E-state index contributed by atoms with van der Waals surface area (Å²) in [6.07, 6.45) is 1.58. The van der Waals surface area contributed by atoms with E-state index in [9.17, 15) is 9.90 Å². The van der Waals surface area contributed by atoms with Crippen LogP contribution in [0.5, 0.6) is 5.75 Å². The van der Waals surface area contributed by atoms with Crippen LogP contribution in [-0.4, -0.2) is 43.0 Å². The normalized spacial score (nSPS) is 11.1. The Balaban J connectivity index is 2.17. The number of carbonyl (C=O) groups is 1. The van der Waals surface area contributed by atoms with E-state index in [2.05, 4.69) is 15.3 Å². The predicted octanol–water partition coefficient (Wildman–Crippen LogP) is 1.35. The molecule has 2 N–H and O–H groups in total. The summed E-state index contributed by atoms with van der Waals surface area (Å²) in [5.74, 6) is -0.287. The van der Waals surface area contributed by atoms with Crippen molar-refractivity contribution in [3.63, 3.8) is 0 Å². The third kappa shape index (κ3) is 3.58. The molecule has 0 bridgehead atoms. The Labute approximate surface area is 119 Å². The van der Waals surface area contributed by atoms with Crippen LogP contribution in [0, 0.1) is 6.92 Å². The van der Waals surface area contributed by atoms with Gasteiger partial charge in [-0.25, -0.2) is 0 Å². The van der Waals surface area contributed by atoms with E-state index in [1.165, 1.54) is 4.68 Å². The SMILES string of the molecule is Cc1nnc(SCC(=O)O)n1N=Cc1ccc(O)cc1. The number of aliphatic carboxylic acids is 1. The molecule has 1 heterocycles. The molecule has 0 amide bonds. The lowest BCUT2D eigenvalue weighted by Crippen LogP contribution is -2.01. The number of carboxylic acid groups (broad SMARTS) is 1. The number of aromatic nitrogens is 3. The predicted molar refractivity (Wildman–Crippen MR) is 74.2 cm³/mol. The van der Waals surface area contributed by atoms with E-state index in [0.717, 1.165) is 17.3 Å². The van der Waals surface area contributed by atoms with E-state index in [1.54, 1.807) is 37.4 Å². The number of hydrogen-bond acceptors (Lipinski definition) is 6. The molecule has 1 aromatic carbocycles. The van der Waals surface area contributed by atoms with Crippen molar-refractivity contribution in [2.75, 3.05) is 5.75 Å². The zero-order valence-electron chi connectivity index (χ0n) is 10.6. The lowest BCUT2D eigenvalue weighted by molar-refractivity contribution is -0.133. The van der Waals surface area contributed by atoms with Crippen LogP contribution in [-0.2, 0) is 4.79 Å². The molecule has 8 heteroatoms. The molecule has 0 saturated heterocycles. The van der Waals surface area contributed by atoms with Crippen LogP contribution in [0.2, 0.25) is 0 Å². The fourth-order valence-corrected chi connectivity index (χ4v) is 2.02. The van der Waals surface area contributed by atoms with Crippen molar-refractivity contribution in [3.05, 3.63) is 35.7 Å². The van der Waals surface area contributed by atoms with E-state index in [1.807, 2.05) is 0 Å². The summed E-state index contributed by atoms with van der Waals surface area (Å²) in [7, 11) is 0. The van der Waals surface area contributed by atoms with Gasteiger partial charge in [0, 0.05) is 0 Å². The molecule has 0 atom stereocenters. The molecule has 2 aromatic rings. The van der Waals surface area contributed by atoms with Crippen LogP contribution in [0.4, 0.5) is 0 Å². The summed E-state index contributed by atoms with van der Waals surface area (Å²) < 4.78 is 1.47. The van der Waals surface area contributed by atoms with Crippen molar-refractivity contribution in [1.29, 1.82) is 0 Å². The van der Waals surface area contributed by atoms with Gasteiger partial charge in [0.25, 0.3) is 0 Å². The Morgan fingerprint density at radius 3 is 2.75 bits per heavy atom. The number of aromatic hydroxyl groups is 1. The maximum Gasteiger partial charge on any atom is 0.313 e. The van der Waals surface area contributed by atoms with Gasteiger partial charge in [0.2, 0.25) is 5.16 Å². The molecule has 0 aliphatic rings. The highest BCUT2D eigenvalue weighted by molar-refractivity contribution is 7.99. The van der Waals surface area contributed by atoms with E-state index >= 15 is 0 Å². The van der Waals surface area contributed by atoms with Crippen LogP contribution >= 0.6 is 11.8 Å². The fraction of sp³-hybridized carbons (Fsp3) is 0.167. The number of phenolic OH excluding ortho intramolecular Hbond substituents is 1. The second kappa shape index (κ2) is 6.20. The standard InChI is InChI=1S/C12H12N4O3S/c1-8-14-15-12(20-7-11(18)19)16(8)13-6-9-2-4-10(17)5-3-9/h2-6,17H,7H2,1H3,(H,18,19). The van der Waals surface area contributed by atoms with Crippen LogP contribution < -0.4 is 0 Å². The van der Waals surface area contributed by atoms with Gasteiger partial charge < -0.3 is 10.2 Å². The smallest absolute Gasteiger partial charge is 0.313 e. The van der Waals surface area contributed by atoms with Gasteiger partial charge in [-0.3, -0.25) is 4.79 Å². The quantitative estimate of drug-likeness (QED) is 0.637. The van der Waals surface area contributed by atoms with Gasteiger partial charge in [-0.1, -0.05) is 11.8 Å². The molecular formula is C12H12N4O3S. The molecule has 1 aromatic heterocycles. The molecule has 0 fully saturated rings. The lowest BCUT2D eigenvalue weighted by Gasteiger charge is -2.00. The minimum Gasteiger partial charge on any atom is -0.508 e. The highest BCUT2D eigenvalue weighted by atomic mass is 32.2. The van der Waals surface area contributed by atoms with Crippen LogP contribution in [0.3, 0.4) is 0 Å². The second-order valence-corrected chi connectivity index (χ2v) is 4.80. The maximum atomic E-state index is 10.6. The van der Waals surface area contributed by atoms with Gasteiger partial charge in [-0.05, 0) is 36.8 Å². The summed E-state index contributed by atoms with van der Waals surface area (Å²) in [5.41, 5.74) is 0.796. The molecule has 0 unspecified atom stereocenters. The summed E-state index contributed by atoms with van der Waals surface area (Å²) in [6.45, 7) is 1.73. The third-order valence-electron chi connectivity index (χ3n) is 2.31. The Morgan fingerprint density at radius 1 is 1.40 bits per heavy atom. The number of carboxylic acids is 1. The first-order valence-electron chi connectivity index (χ1n) is 5.66. The van der Waals surface area contributed by atoms with Crippen molar-refractivity contribution in [2.24, 2.45) is 5.10 Å². The summed E-state index contributed by atoms with van der Waals surface area (Å²) >= 11 is 1.05. The van der Waals surface area contributed by atoms with Gasteiger partial charge in [0.1, 0.15) is 5.75 Å². The highest BCUT2D eigenvalue weighted by Crippen LogP contribution is 2.16. The van der Waals surface area contributed by atoms with Gasteiger partial charge in [0.15, 0.2) is 5.82 Å². The molecule has 2 rings (SSSR count). The summed E-state index contributed by atoms with van der Waals surface area (Å²) in [4.78, 5) is 10.6. The monoisotopic (exact) mass is 292 g/mol. The Kier molecular flexibility index (Phi) is 4.36. The number of phenols is 1. The van der Waals surface area contributed by atoms with E-state index in [-0.39, 0.29) is 11.5 Å². The molecule has 20 heavy (non-hydrogen) atoms. The molecule has 0 spiro atoms. The van der Waals surface area contributed by atoms with Crippen molar-refractivity contribution < 1.29 is 15.0 Å². The van der Waals surface area contributed by atoms with E-state index in [4.69, 9.17) is 5.11 Å². The minimum absolute atomic E-state index is 0.104. The van der Waals surface area contributed by atoms with Gasteiger partial charge in [-0.15, -0.1) is 10.2 Å². The average molecular weight is 292 g/mol. The lowest BCUT2D eigenvalue weighted by atomic mass is 10.2. The first-order chi connectivity index (χ1) is 9.56. The highest BCUT2D eigenvalue weighted by Gasteiger charge is 2.10. The van der Waals surface area contributed by atoms with Crippen molar-refractivity contribution in [1.82, 2.24) is 14.9 Å². The van der Waals surface area contributed by atoms with E-state index in [0.29, 0.717) is 11.0 Å². The topological polar surface area (TPSA) is 101 Å². The molecule has 0 aliphatic carbocycles. The van der Waals surface area contributed by atoms with Gasteiger partial charge in [0.05, 0.1) is 12.0 Å². The molecule has 104 valence electrons. The molecule has 0 radical (unpaired) electrons. The first-order valence-corrected chi connectivity index (χ1v) is 6.65. The third-order valence-corrected chi connectivity index (χ3v) is 3.21. The van der Waals surface area contributed by atoms with Gasteiger partial charge in [-0.2, -0.15) is 9.78 Å². The number of rotatable bonds is 5. The molecule has 7 nitrogen and oxygen atoms in total. The number of benzene rings is 1. The van der Waals surface area contributed by atoms with Crippen LogP contribution in [0.1, 0.15) is 11.4 Å². The number of nitrogens with zero attached hydrogens (tertiary/aromatic N) is 4. The number of thioether (sulfide) groups is 1. The number of aryl methyl sites for hydroxylation is 1. The molecule has 0 aliphatic heterocycles. The number of hydrogen-bond donors (Lipinski definition) is 2. The fourth-order valence-electron chi connectivity index (χ4n) is 1.37. The average Bonchev–Trinajstić information content (AvgIpc) is 2.76. The Hall–Kier alpha value is -2.35. The van der Waals surface area contributed by atoms with Crippen LogP contribution in [0.15, 0.2) is 34.5 Å². The van der Waals surface area contributed by atoms with Crippen molar-refractivity contribution in [2.45, 2.75) is 12.1 Å². The van der Waals surface area contributed by atoms with Crippen molar-refractivity contribution in [3.8, 4) is 5.75 Å². The van der Waals surface area contributed by atoms with Crippen molar-refractivity contribution >= 4 is 23.9 Å².